The van der Waals surface area contributed by atoms with Crippen molar-refractivity contribution in [3.63, 3.8) is 0 Å². The topological polar surface area (TPSA) is 594 Å². The Morgan fingerprint density at radius 1 is 0.352 bits per heavy atom. The second kappa shape index (κ2) is 18.6. The van der Waals surface area contributed by atoms with Gasteiger partial charge in [0.1, 0.15) is 0 Å². The first kappa shape index (κ1) is 55.4. The lowest BCUT2D eigenvalue weighted by atomic mass is 10.1. The van der Waals surface area contributed by atoms with E-state index in [1.807, 2.05) is 0 Å². The summed E-state index contributed by atoms with van der Waals surface area (Å²) >= 11 is 0. The fourth-order valence-corrected chi connectivity index (χ4v) is 19.3. The molecule has 21 N–H and O–H groups in total. The van der Waals surface area contributed by atoms with Gasteiger partial charge in [-0.25, -0.2) is 4.90 Å². The van der Waals surface area contributed by atoms with Crippen LogP contribution in [0.3, 0.4) is 0 Å². The van der Waals surface area contributed by atoms with E-state index in [0.29, 0.717) is 0 Å². The second-order valence-corrected chi connectivity index (χ2v) is 29.6. The highest BCUT2D eigenvalue weighted by Crippen LogP contribution is 2.71. The molecule has 54 heavy (non-hydrogen) atoms. The van der Waals surface area contributed by atoms with Crippen LogP contribution in [0.5, 0.6) is 0 Å². The largest absolute Gasteiger partial charge is 0.355 e. The van der Waals surface area contributed by atoms with Crippen molar-refractivity contribution >= 4 is 76.0 Å². The third kappa shape index (κ3) is 16.8. The summed E-state index contributed by atoms with van der Waals surface area (Å²) in [5.74, 6) is 0. The van der Waals surface area contributed by atoms with Crippen molar-refractivity contribution < 1.29 is 144 Å². The summed E-state index contributed by atoms with van der Waals surface area (Å²) in [6, 6.07) is 0. The smallest absolute Gasteiger partial charge is 0.323 e. The third-order valence-corrected chi connectivity index (χ3v) is 23.9. The van der Waals surface area contributed by atoms with Crippen LogP contribution in [0.2, 0.25) is 0 Å². The molecule has 0 bridgehead atoms. The highest BCUT2D eigenvalue weighted by molar-refractivity contribution is 7.73. The number of nitrogens with zero attached hydrogens (tertiary/aromatic N) is 2. The van der Waals surface area contributed by atoms with Crippen molar-refractivity contribution in [3.05, 3.63) is 0 Å². The van der Waals surface area contributed by atoms with Crippen LogP contribution in [0.4, 0.5) is 0 Å². The van der Waals surface area contributed by atoms with E-state index < -0.39 is 152 Å². The minimum absolute atomic E-state index is 0.683. The van der Waals surface area contributed by atoms with Crippen LogP contribution in [0.25, 0.3) is 0 Å². The van der Waals surface area contributed by atoms with Crippen LogP contribution in [-0.2, 0) is 45.7 Å². The van der Waals surface area contributed by atoms with Gasteiger partial charge in [0.2, 0.25) is 27.6 Å². The van der Waals surface area contributed by atoms with Crippen molar-refractivity contribution in [3.8, 4) is 0 Å². The Balaban J connectivity index is 7.62. The lowest BCUT2D eigenvalue weighted by molar-refractivity contribution is 0.121. The highest BCUT2D eigenvalue weighted by atomic mass is 31.3. The van der Waals surface area contributed by atoms with Gasteiger partial charge in [-0.15, -0.1) is 0 Å². The maximum Gasteiger partial charge on any atom is 0.355 e. The zero-order valence-corrected chi connectivity index (χ0v) is 34.8. The molecule has 0 aliphatic heterocycles. The van der Waals surface area contributed by atoms with Crippen molar-refractivity contribution in [2.45, 2.75) is 59.5 Å². The summed E-state index contributed by atoms with van der Waals surface area (Å²) in [7, 11) is -65.0. The van der Waals surface area contributed by atoms with Gasteiger partial charge in [-0.2, -0.15) is 0 Å². The maximum absolute atomic E-state index is 12.3. The maximum atomic E-state index is 12.3. The molecule has 0 saturated heterocycles. The van der Waals surface area contributed by atoms with E-state index in [4.69, 9.17) is 0 Å². The molecule has 0 aliphatic rings. The molecule has 0 saturated carbocycles. The summed E-state index contributed by atoms with van der Waals surface area (Å²) < 4.78 is 121. The number of nitrogens with one attached hydrogen (secondary N) is 1. The molecule has 0 aromatic heterocycles. The fraction of sp³-hybridized carbons (Fsp3) is 1.00. The molecule has 326 valence electrons. The molecule has 1 unspecified atom stereocenters. The molecular formula is C11H37N3O30P10. The molecule has 0 rings (SSSR count). The predicted octanol–water partition coefficient (Wildman–Crippen LogP) is -3.74. The Morgan fingerprint density at radius 3 is 0.833 bits per heavy atom. The van der Waals surface area contributed by atoms with Gasteiger partial charge >= 0.3 is 76.0 Å². The molecule has 0 heterocycles. The van der Waals surface area contributed by atoms with Crippen molar-refractivity contribution in [2.75, 3.05) is 6.54 Å². The Kier molecular flexibility index (Phi) is 19.0. The monoisotopic (exact) mass is 1000 g/mol. The summed E-state index contributed by atoms with van der Waals surface area (Å²) in [5.41, 5.74) is -19.3. The van der Waals surface area contributed by atoms with E-state index in [2.05, 4.69) is 0 Å². The fourth-order valence-electron chi connectivity index (χ4n) is 4.73. The molecular weight excluding hydrogens is 964 g/mol. The van der Waals surface area contributed by atoms with E-state index in [0.717, 1.165) is 0 Å². The van der Waals surface area contributed by atoms with Crippen LogP contribution in [0, 0.1) is 0 Å². The molecule has 0 radical (unpaired) electrons. The molecule has 0 amide bonds. The third-order valence-electron chi connectivity index (χ3n) is 6.27. The normalized spacial score (nSPS) is 16.2. The zero-order chi connectivity index (χ0) is 43.9. The van der Waals surface area contributed by atoms with Gasteiger partial charge in [-0.3, -0.25) is 55.9 Å². The van der Waals surface area contributed by atoms with E-state index in [-0.39, 0.29) is 0 Å². The SMILES string of the molecule is O=P(O)(O)C(NC(CCCCCN(C(P(=O)(O)O)P(=O)(O)O)C(P(=O)(O)O)P(=O)(O)O)N(C(P(=O)(O)O)P(=O)(O)O)C(P(=O)(O)O)P(=O)(O)O)P(=O)(O)O. The Hall–Kier alpha value is 1.38. The van der Waals surface area contributed by atoms with Gasteiger partial charge in [0, 0.05) is 6.54 Å². The van der Waals surface area contributed by atoms with Gasteiger partial charge in [0.25, 0.3) is 0 Å². The van der Waals surface area contributed by atoms with Gasteiger partial charge < -0.3 is 97.9 Å². The lowest BCUT2D eigenvalue weighted by Crippen LogP contribution is -2.57. The lowest BCUT2D eigenvalue weighted by Gasteiger charge is -2.44. The number of rotatable bonds is 23. The summed E-state index contributed by atoms with van der Waals surface area (Å²) in [4.78, 5) is 191. The summed E-state index contributed by atoms with van der Waals surface area (Å²) in [5, 5.41) is 1.20. The van der Waals surface area contributed by atoms with Gasteiger partial charge in [0.05, 0.1) is 6.17 Å². The van der Waals surface area contributed by atoms with Crippen molar-refractivity contribution in [1.29, 1.82) is 0 Å². The molecule has 0 aliphatic carbocycles. The summed E-state index contributed by atoms with van der Waals surface area (Å²) in [6.07, 6.45) is -7.80. The van der Waals surface area contributed by atoms with Crippen LogP contribution in [0.15, 0.2) is 0 Å². The Morgan fingerprint density at radius 2 is 0.611 bits per heavy atom. The van der Waals surface area contributed by atoms with Crippen LogP contribution >= 0.6 is 76.0 Å². The first-order chi connectivity index (χ1) is 23.2. The predicted molar refractivity (Wildman–Crippen MR) is 173 cm³/mol. The average Bonchev–Trinajstić information content (AvgIpc) is 2.76. The first-order valence-electron chi connectivity index (χ1n) is 13.0. The minimum Gasteiger partial charge on any atom is -0.323 e. The molecule has 0 spiro atoms. The Bertz CT molecular complexity index is 1590. The van der Waals surface area contributed by atoms with Crippen molar-refractivity contribution in [1.82, 2.24) is 15.1 Å². The van der Waals surface area contributed by atoms with Crippen LogP contribution in [0.1, 0.15) is 25.7 Å². The van der Waals surface area contributed by atoms with Crippen LogP contribution < -0.4 is 5.32 Å². The minimum atomic E-state index is -6.72. The number of hydrogen-bond donors (Lipinski definition) is 21. The summed E-state index contributed by atoms with van der Waals surface area (Å²) in [6.45, 7) is -1.57. The van der Waals surface area contributed by atoms with E-state index in [9.17, 15) is 144 Å². The standard InChI is InChI=1S/C11H37N3O30P10/c15-45(16,17)7(46(18,19)20)12-6(14(10(51(33,34)35)52(36,37)38)11(53(39,40)41)54(42,43)44)4-2-1-3-5-13(8(47(21,22)23)48(24,25)26)9(49(27,28)29)50(30,31)32/h6-12H,1-5H2,(H2,15,16,17)(H2,18,19,20)(H2,21,22,23)(H2,24,25,26)(H2,27,28,29)(H2,30,31,32)(H2,33,34,35)(H2,36,37,38)(H2,39,40,41)(H2,42,43,44). The zero-order valence-electron chi connectivity index (χ0n) is 25.9. The Labute approximate surface area is 300 Å². The average molecular weight is 1000 g/mol. The van der Waals surface area contributed by atoms with Crippen molar-refractivity contribution in [2.24, 2.45) is 0 Å². The molecule has 43 heteroatoms. The molecule has 1 atom stereocenters. The molecule has 33 nitrogen and oxygen atoms in total. The number of unbranched alkanes of at least 4 members (excludes halogenated alkanes) is 2. The van der Waals surface area contributed by atoms with Gasteiger partial charge in [-0.05, 0) is 12.8 Å². The number of hydrogen-bond acceptors (Lipinski definition) is 13. The van der Waals surface area contributed by atoms with E-state index >= 15 is 0 Å². The second-order valence-electron chi connectivity index (χ2n) is 10.9. The van der Waals surface area contributed by atoms with E-state index in [1.54, 1.807) is 0 Å². The van der Waals surface area contributed by atoms with E-state index in [1.165, 1.54) is 5.32 Å². The highest BCUT2D eigenvalue weighted by Gasteiger charge is 2.62. The first-order valence-corrected chi connectivity index (χ1v) is 29.8. The molecule has 0 aromatic rings. The van der Waals surface area contributed by atoms with Crippen LogP contribution in [-0.4, -0.2) is 148 Å². The van der Waals surface area contributed by atoms with Gasteiger partial charge in [-0.1, -0.05) is 12.8 Å². The van der Waals surface area contributed by atoms with Gasteiger partial charge in [0.15, 0.2) is 0 Å². The quantitative estimate of drug-likeness (QED) is 0.0266. The molecule has 0 fully saturated rings. The molecule has 0 aromatic carbocycles.